The van der Waals surface area contributed by atoms with Crippen molar-refractivity contribution in [2.24, 2.45) is 0 Å². The predicted molar refractivity (Wildman–Crippen MR) is 114 cm³/mol. The maximum absolute atomic E-state index is 12.3. The van der Waals surface area contributed by atoms with Gasteiger partial charge in [0.1, 0.15) is 12.6 Å². The lowest BCUT2D eigenvalue weighted by Crippen LogP contribution is -2.44. The maximum atomic E-state index is 12.3. The number of amides is 1. The van der Waals surface area contributed by atoms with Crippen LogP contribution in [0.25, 0.3) is 22.0 Å². The van der Waals surface area contributed by atoms with E-state index in [1.807, 2.05) is 48.7 Å². The van der Waals surface area contributed by atoms with Gasteiger partial charge in [-0.1, -0.05) is 36.4 Å². The Labute approximate surface area is 171 Å². The van der Waals surface area contributed by atoms with Gasteiger partial charge in [-0.25, -0.2) is 9.48 Å². The maximum Gasteiger partial charge on any atom is 0.326 e. The van der Waals surface area contributed by atoms with Crippen LogP contribution in [0.15, 0.2) is 59.4 Å². The average Bonchev–Trinajstić information content (AvgIpc) is 2.72. The van der Waals surface area contributed by atoms with Crippen LogP contribution in [-0.4, -0.2) is 44.8 Å². The number of hydrogen-bond acceptors (Lipinski definition) is 5. The van der Waals surface area contributed by atoms with Crippen LogP contribution < -0.4 is 10.9 Å². The second-order valence-corrected chi connectivity index (χ2v) is 7.50. The highest BCUT2D eigenvalue weighted by Crippen LogP contribution is 2.22. The summed E-state index contributed by atoms with van der Waals surface area (Å²) in [4.78, 5) is 35.7. The van der Waals surface area contributed by atoms with Crippen molar-refractivity contribution in [2.45, 2.75) is 19.0 Å². The van der Waals surface area contributed by atoms with E-state index in [4.69, 9.17) is 0 Å². The summed E-state index contributed by atoms with van der Waals surface area (Å²) in [6.45, 7) is -0.344. The van der Waals surface area contributed by atoms with Crippen LogP contribution in [0.1, 0.15) is 6.42 Å². The molecule has 150 valence electrons. The van der Waals surface area contributed by atoms with E-state index >= 15 is 0 Å². The number of nitrogens with one attached hydrogen (secondary N) is 1. The zero-order valence-electron chi connectivity index (χ0n) is 15.9. The number of carbonyl (C=O) groups is 2. The summed E-state index contributed by atoms with van der Waals surface area (Å²) >= 11 is 1.50. The molecule has 29 heavy (non-hydrogen) atoms. The molecule has 0 aliphatic carbocycles. The predicted octanol–water partition coefficient (Wildman–Crippen LogP) is 2.39. The van der Waals surface area contributed by atoms with E-state index in [1.165, 1.54) is 17.8 Å². The normalized spacial score (nSPS) is 11.9. The summed E-state index contributed by atoms with van der Waals surface area (Å²) in [5.74, 6) is -1.06. The van der Waals surface area contributed by atoms with Gasteiger partial charge in [0, 0.05) is 11.6 Å². The van der Waals surface area contributed by atoms with Gasteiger partial charge in [-0.15, -0.1) is 0 Å². The van der Waals surface area contributed by atoms with Gasteiger partial charge in [-0.2, -0.15) is 16.9 Å². The van der Waals surface area contributed by atoms with Crippen molar-refractivity contribution in [1.29, 1.82) is 0 Å². The van der Waals surface area contributed by atoms with Crippen molar-refractivity contribution in [3.63, 3.8) is 0 Å². The van der Waals surface area contributed by atoms with Gasteiger partial charge in [0.25, 0.3) is 5.56 Å². The highest BCUT2D eigenvalue weighted by Gasteiger charge is 2.20. The smallest absolute Gasteiger partial charge is 0.326 e. The molecule has 2 N–H and O–H groups in total. The number of aromatic nitrogens is 2. The Balaban J connectivity index is 1.80. The minimum Gasteiger partial charge on any atom is -0.480 e. The van der Waals surface area contributed by atoms with Crippen LogP contribution in [0, 0.1) is 0 Å². The highest BCUT2D eigenvalue weighted by molar-refractivity contribution is 7.98. The third-order valence-corrected chi connectivity index (χ3v) is 5.09. The Morgan fingerprint density at radius 2 is 1.90 bits per heavy atom. The lowest BCUT2D eigenvalue weighted by atomic mass is 10.1. The number of thioether (sulfide) groups is 1. The molecule has 0 radical (unpaired) electrons. The van der Waals surface area contributed by atoms with E-state index < -0.39 is 23.5 Å². The molecule has 0 fully saturated rings. The topological polar surface area (TPSA) is 101 Å². The standard InChI is InChI=1S/C21H21N3O4S/c1-29-11-10-18(21(27)28)22-19(25)13-24-20(26)9-8-17(23-24)16-7-6-14-4-2-3-5-15(14)12-16/h2-9,12,18H,10-11,13H2,1H3,(H,22,25)(H,27,28)/t18-/m1/s1. The zero-order chi connectivity index (χ0) is 20.8. The average molecular weight is 411 g/mol. The largest absolute Gasteiger partial charge is 0.480 e. The lowest BCUT2D eigenvalue weighted by Gasteiger charge is -2.14. The number of hydrogen-bond donors (Lipinski definition) is 2. The second kappa shape index (κ2) is 9.38. The summed E-state index contributed by atoms with van der Waals surface area (Å²) in [5.41, 5.74) is 0.947. The van der Waals surface area contributed by atoms with Gasteiger partial charge < -0.3 is 10.4 Å². The highest BCUT2D eigenvalue weighted by atomic mass is 32.2. The minimum absolute atomic E-state index is 0.307. The fourth-order valence-corrected chi connectivity index (χ4v) is 3.41. The number of rotatable bonds is 8. The number of fused-ring (bicyclic) bond motifs is 1. The minimum atomic E-state index is -1.10. The summed E-state index contributed by atoms with van der Waals surface area (Å²) in [7, 11) is 0. The van der Waals surface area contributed by atoms with Gasteiger partial charge in [-0.05, 0) is 41.3 Å². The molecular weight excluding hydrogens is 390 g/mol. The van der Waals surface area contributed by atoms with E-state index in [0.29, 0.717) is 17.9 Å². The van der Waals surface area contributed by atoms with Crippen molar-refractivity contribution in [3.05, 3.63) is 65.0 Å². The fraction of sp³-hybridized carbons (Fsp3) is 0.238. The zero-order valence-corrected chi connectivity index (χ0v) is 16.7. The molecule has 7 nitrogen and oxygen atoms in total. The Morgan fingerprint density at radius 3 is 2.62 bits per heavy atom. The first-order valence-corrected chi connectivity index (χ1v) is 10.5. The van der Waals surface area contributed by atoms with Gasteiger partial charge in [0.05, 0.1) is 5.69 Å². The van der Waals surface area contributed by atoms with E-state index in [0.717, 1.165) is 21.0 Å². The molecule has 1 heterocycles. The van der Waals surface area contributed by atoms with Crippen molar-refractivity contribution in [1.82, 2.24) is 15.1 Å². The molecule has 0 spiro atoms. The Bertz CT molecular complexity index is 1100. The monoisotopic (exact) mass is 411 g/mol. The molecule has 1 amide bonds. The summed E-state index contributed by atoms with van der Waals surface area (Å²) in [6, 6.07) is 15.7. The third-order valence-electron chi connectivity index (χ3n) is 4.45. The summed E-state index contributed by atoms with van der Waals surface area (Å²) < 4.78 is 1.05. The molecular formula is C21H21N3O4S. The Morgan fingerprint density at radius 1 is 1.14 bits per heavy atom. The SMILES string of the molecule is CSCC[C@@H](NC(=O)Cn1nc(-c2ccc3ccccc3c2)ccc1=O)C(=O)O. The molecule has 8 heteroatoms. The van der Waals surface area contributed by atoms with E-state index in [-0.39, 0.29) is 6.54 Å². The summed E-state index contributed by atoms with van der Waals surface area (Å²) in [5, 5.41) is 18.1. The van der Waals surface area contributed by atoms with Crippen LogP contribution in [-0.2, 0) is 16.1 Å². The van der Waals surface area contributed by atoms with Crippen molar-refractivity contribution in [3.8, 4) is 11.3 Å². The van der Waals surface area contributed by atoms with Crippen LogP contribution in [0.5, 0.6) is 0 Å². The van der Waals surface area contributed by atoms with E-state index in [2.05, 4.69) is 10.4 Å². The first kappa shape index (κ1) is 20.6. The number of carboxylic acids is 1. The molecule has 1 atom stereocenters. The molecule has 0 unspecified atom stereocenters. The van der Waals surface area contributed by atoms with E-state index in [1.54, 1.807) is 6.07 Å². The number of benzene rings is 2. The van der Waals surface area contributed by atoms with Crippen LogP contribution in [0.4, 0.5) is 0 Å². The molecule has 0 aliphatic rings. The number of aliphatic carboxylic acids is 1. The number of nitrogens with zero attached hydrogens (tertiary/aromatic N) is 2. The summed E-state index contributed by atoms with van der Waals surface area (Å²) in [6.07, 6.45) is 2.17. The van der Waals surface area contributed by atoms with E-state index in [9.17, 15) is 19.5 Å². The molecule has 0 saturated carbocycles. The molecule has 2 aromatic carbocycles. The Hall–Kier alpha value is -3.13. The second-order valence-electron chi connectivity index (χ2n) is 6.52. The van der Waals surface area contributed by atoms with Crippen molar-refractivity contribution in [2.75, 3.05) is 12.0 Å². The van der Waals surface area contributed by atoms with Gasteiger partial charge >= 0.3 is 5.97 Å². The van der Waals surface area contributed by atoms with Gasteiger partial charge in [-0.3, -0.25) is 9.59 Å². The van der Waals surface area contributed by atoms with Gasteiger partial charge in [0.15, 0.2) is 0 Å². The van der Waals surface area contributed by atoms with Crippen molar-refractivity contribution >= 4 is 34.4 Å². The van der Waals surface area contributed by atoms with Gasteiger partial charge in [0.2, 0.25) is 5.91 Å². The van der Waals surface area contributed by atoms with Crippen LogP contribution in [0.3, 0.4) is 0 Å². The molecule has 3 rings (SSSR count). The van der Waals surface area contributed by atoms with Crippen molar-refractivity contribution < 1.29 is 14.7 Å². The lowest BCUT2D eigenvalue weighted by molar-refractivity contribution is -0.142. The van der Waals surface area contributed by atoms with Crippen LogP contribution >= 0.6 is 11.8 Å². The molecule has 3 aromatic rings. The number of carboxylic acid groups (broad SMARTS) is 1. The molecule has 0 bridgehead atoms. The number of carbonyl (C=O) groups excluding carboxylic acids is 1. The van der Waals surface area contributed by atoms with Crippen LogP contribution in [0.2, 0.25) is 0 Å². The molecule has 0 saturated heterocycles. The first-order valence-electron chi connectivity index (χ1n) is 9.06. The molecule has 1 aromatic heterocycles. The third kappa shape index (κ3) is 5.23. The fourth-order valence-electron chi connectivity index (χ4n) is 2.93. The quantitative estimate of drug-likeness (QED) is 0.590. The Kier molecular flexibility index (Phi) is 6.66. The molecule has 0 aliphatic heterocycles. The first-order chi connectivity index (χ1) is 14.0.